The molecule has 0 atom stereocenters. The van der Waals surface area contributed by atoms with Crippen LogP contribution >= 0.6 is 11.3 Å². The molecule has 4 aromatic rings. The topological polar surface area (TPSA) is 118 Å². The minimum absolute atomic E-state index is 0.0905. The lowest BCUT2D eigenvalue weighted by molar-refractivity contribution is -0.384. The van der Waals surface area contributed by atoms with Gasteiger partial charge >= 0.3 is 0 Å². The van der Waals surface area contributed by atoms with E-state index in [0.717, 1.165) is 10.7 Å². The fourth-order valence-electron chi connectivity index (χ4n) is 2.40. The van der Waals surface area contributed by atoms with Crippen LogP contribution in [0.3, 0.4) is 0 Å². The van der Waals surface area contributed by atoms with Crippen molar-refractivity contribution in [2.45, 2.75) is 6.54 Å². The fraction of sp³-hybridized carbons (Fsp3) is 0.0714. The second kappa shape index (κ2) is 5.42. The van der Waals surface area contributed by atoms with Crippen molar-refractivity contribution < 1.29 is 9.72 Å². The van der Waals surface area contributed by atoms with Crippen LogP contribution in [0, 0.1) is 10.1 Å². The van der Waals surface area contributed by atoms with E-state index in [1.54, 1.807) is 0 Å². The lowest BCUT2D eigenvalue weighted by Gasteiger charge is -2.00. The van der Waals surface area contributed by atoms with Gasteiger partial charge in [-0.25, -0.2) is 4.98 Å². The van der Waals surface area contributed by atoms with Gasteiger partial charge in [0.05, 0.1) is 22.7 Å². The molecule has 9 nitrogen and oxygen atoms in total. The van der Waals surface area contributed by atoms with Gasteiger partial charge in [-0.05, 0) is 6.07 Å². The second-order valence-corrected chi connectivity index (χ2v) is 5.94. The maximum absolute atomic E-state index is 12.3. The Labute approximate surface area is 138 Å². The van der Waals surface area contributed by atoms with E-state index in [4.69, 9.17) is 0 Å². The van der Waals surface area contributed by atoms with E-state index in [9.17, 15) is 14.9 Å². The Morgan fingerprint density at radius 1 is 1.46 bits per heavy atom. The van der Waals surface area contributed by atoms with Gasteiger partial charge in [0, 0.05) is 35.3 Å². The van der Waals surface area contributed by atoms with Crippen LogP contribution < -0.4 is 5.32 Å². The molecule has 0 fully saturated rings. The van der Waals surface area contributed by atoms with Gasteiger partial charge in [-0.1, -0.05) is 0 Å². The summed E-state index contributed by atoms with van der Waals surface area (Å²) < 4.78 is 1.87. The van der Waals surface area contributed by atoms with Crippen LogP contribution in [0.15, 0.2) is 36.0 Å². The highest BCUT2D eigenvalue weighted by Crippen LogP contribution is 2.22. The van der Waals surface area contributed by atoms with E-state index in [2.05, 4.69) is 20.5 Å². The predicted octanol–water partition coefficient (Wildman–Crippen LogP) is 2.11. The summed E-state index contributed by atoms with van der Waals surface area (Å²) in [6, 6.07) is 4.22. The van der Waals surface area contributed by atoms with E-state index in [1.807, 2.05) is 22.2 Å². The number of non-ortho nitro benzene ring substituents is 1. The van der Waals surface area contributed by atoms with Crippen LogP contribution in [-0.2, 0) is 6.54 Å². The normalized spacial score (nSPS) is 11.2. The number of hydrogen-bond acceptors (Lipinski definition) is 6. The summed E-state index contributed by atoms with van der Waals surface area (Å²) in [4.78, 5) is 27.9. The zero-order valence-electron chi connectivity index (χ0n) is 12.1. The third kappa shape index (κ3) is 2.38. The molecule has 0 bridgehead atoms. The third-order valence-corrected chi connectivity index (χ3v) is 4.32. The number of amides is 1. The first-order chi connectivity index (χ1) is 11.6. The molecule has 2 N–H and O–H groups in total. The molecule has 4 rings (SSSR count). The van der Waals surface area contributed by atoms with Gasteiger partial charge in [-0.2, -0.15) is 5.10 Å². The minimum atomic E-state index is -0.508. The molecule has 120 valence electrons. The lowest BCUT2D eigenvalue weighted by Crippen LogP contribution is -2.23. The van der Waals surface area contributed by atoms with Crippen molar-refractivity contribution >= 4 is 38.8 Å². The average molecular weight is 342 g/mol. The van der Waals surface area contributed by atoms with Crippen molar-refractivity contribution in [3.63, 3.8) is 0 Å². The summed E-state index contributed by atoms with van der Waals surface area (Å²) in [5, 5.41) is 22.6. The number of benzene rings is 1. The minimum Gasteiger partial charge on any atom is -0.345 e. The van der Waals surface area contributed by atoms with Crippen LogP contribution in [0.5, 0.6) is 0 Å². The number of H-pyrrole nitrogens is 1. The van der Waals surface area contributed by atoms with Crippen molar-refractivity contribution in [1.82, 2.24) is 24.9 Å². The number of hydrogen-bond donors (Lipinski definition) is 2. The van der Waals surface area contributed by atoms with Crippen LogP contribution in [0.1, 0.15) is 16.2 Å². The maximum Gasteiger partial charge on any atom is 0.272 e. The molecule has 0 aliphatic carbocycles. The van der Waals surface area contributed by atoms with E-state index >= 15 is 0 Å². The summed E-state index contributed by atoms with van der Waals surface area (Å²) in [7, 11) is 0. The molecule has 0 aliphatic rings. The number of nitrogens with zero attached hydrogens (tertiary/aromatic N) is 4. The van der Waals surface area contributed by atoms with E-state index in [-0.39, 0.29) is 17.9 Å². The maximum atomic E-state index is 12.3. The Hall–Kier alpha value is -3.27. The molecular weight excluding hydrogens is 332 g/mol. The van der Waals surface area contributed by atoms with E-state index < -0.39 is 10.8 Å². The smallest absolute Gasteiger partial charge is 0.272 e. The van der Waals surface area contributed by atoms with Crippen LogP contribution in [0.25, 0.3) is 15.9 Å². The quantitative estimate of drug-likeness (QED) is 0.435. The third-order valence-electron chi connectivity index (χ3n) is 3.55. The largest absolute Gasteiger partial charge is 0.345 e. The Bertz CT molecular complexity index is 1050. The SMILES string of the molecule is O=C(NCc1cn2ccsc2n1)c1n[nH]c2ccc([N+](=O)[O-])cc12. The van der Waals surface area contributed by atoms with E-state index in [0.29, 0.717) is 10.9 Å². The standard InChI is InChI=1S/C14H10N6O3S/c21-13(15-6-8-7-19-3-4-24-14(19)16-8)12-10-5-9(20(22)23)1-2-11(10)17-18-12/h1-5,7H,6H2,(H,15,21)(H,17,18). The molecule has 0 saturated heterocycles. The molecule has 1 amide bonds. The van der Waals surface area contributed by atoms with Gasteiger partial charge in [0.1, 0.15) is 0 Å². The monoisotopic (exact) mass is 342 g/mol. The molecule has 0 spiro atoms. The molecule has 24 heavy (non-hydrogen) atoms. The summed E-state index contributed by atoms with van der Waals surface area (Å²) in [6.07, 6.45) is 3.72. The Morgan fingerprint density at radius 3 is 3.12 bits per heavy atom. The predicted molar refractivity (Wildman–Crippen MR) is 87.0 cm³/mol. The summed E-state index contributed by atoms with van der Waals surface area (Å²) in [6.45, 7) is 0.247. The number of aromatic nitrogens is 4. The number of aromatic amines is 1. The molecule has 0 aliphatic heterocycles. The highest BCUT2D eigenvalue weighted by Gasteiger charge is 2.17. The Kier molecular flexibility index (Phi) is 3.24. The fourth-order valence-corrected chi connectivity index (χ4v) is 3.12. The molecule has 3 heterocycles. The van der Waals surface area contributed by atoms with Crippen molar-refractivity contribution in [3.05, 3.63) is 57.5 Å². The number of carbonyl (C=O) groups is 1. The zero-order chi connectivity index (χ0) is 16.7. The molecule has 0 unspecified atom stereocenters. The highest BCUT2D eigenvalue weighted by atomic mass is 32.1. The Balaban J connectivity index is 1.57. The van der Waals surface area contributed by atoms with Crippen molar-refractivity contribution in [3.8, 4) is 0 Å². The number of nitro benzene ring substituents is 1. The number of thiazole rings is 1. The first-order valence-electron chi connectivity index (χ1n) is 6.93. The molecular formula is C14H10N6O3S. The lowest BCUT2D eigenvalue weighted by atomic mass is 10.2. The van der Waals surface area contributed by atoms with Gasteiger partial charge in [0.15, 0.2) is 10.7 Å². The number of rotatable bonds is 4. The van der Waals surface area contributed by atoms with Crippen LogP contribution in [-0.4, -0.2) is 30.4 Å². The van der Waals surface area contributed by atoms with E-state index in [1.165, 1.54) is 29.5 Å². The average Bonchev–Trinajstić information content (AvgIpc) is 3.25. The van der Waals surface area contributed by atoms with Gasteiger partial charge in [-0.3, -0.25) is 24.4 Å². The van der Waals surface area contributed by atoms with Gasteiger partial charge in [0.2, 0.25) is 0 Å². The van der Waals surface area contributed by atoms with Gasteiger partial charge in [-0.15, -0.1) is 11.3 Å². The van der Waals surface area contributed by atoms with Crippen molar-refractivity contribution in [2.75, 3.05) is 0 Å². The highest BCUT2D eigenvalue weighted by molar-refractivity contribution is 7.15. The zero-order valence-corrected chi connectivity index (χ0v) is 12.9. The van der Waals surface area contributed by atoms with Gasteiger partial charge in [0.25, 0.3) is 11.6 Å². The number of nitro groups is 1. The molecule has 1 aromatic carbocycles. The van der Waals surface area contributed by atoms with Crippen LogP contribution in [0.2, 0.25) is 0 Å². The number of carbonyl (C=O) groups excluding carboxylic acids is 1. The summed E-state index contributed by atoms with van der Waals surface area (Å²) >= 11 is 1.50. The molecule has 10 heteroatoms. The molecule has 3 aromatic heterocycles. The number of imidazole rings is 1. The van der Waals surface area contributed by atoms with Crippen molar-refractivity contribution in [2.24, 2.45) is 0 Å². The summed E-state index contributed by atoms with van der Waals surface area (Å²) in [5.74, 6) is -0.418. The Morgan fingerprint density at radius 2 is 2.33 bits per heavy atom. The molecule has 0 saturated carbocycles. The summed E-state index contributed by atoms with van der Waals surface area (Å²) in [5.41, 5.74) is 1.32. The van der Waals surface area contributed by atoms with Crippen LogP contribution in [0.4, 0.5) is 5.69 Å². The first kappa shape index (κ1) is 14.3. The van der Waals surface area contributed by atoms with Crippen molar-refractivity contribution in [1.29, 1.82) is 0 Å². The first-order valence-corrected chi connectivity index (χ1v) is 7.81. The molecule has 0 radical (unpaired) electrons. The second-order valence-electron chi connectivity index (χ2n) is 5.07. The number of nitrogens with one attached hydrogen (secondary N) is 2. The van der Waals surface area contributed by atoms with Gasteiger partial charge < -0.3 is 5.32 Å². The number of fused-ring (bicyclic) bond motifs is 2.